The van der Waals surface area contributed by atoms with Gasteiger partial charge in [0.05, 0.1) is 11.7 Å². The van der Waals surface area contributed by atoms with Gasteiger partial charge in [-0.25, -0.2) is 0 Å². The largest absolute Gasteiger partial charge is 0.285 e. The summed E-state index contributed by atoms with van der Waals surface area (Å²) in [5.74, 6) is 0. The van der Waals surface area contributed by atoms with Gasteiger partial charge in [-0.05, 0) is 36.2 Å². The number of halogens is 1. The molecule has 1 aromatic carbocycles. The van der Waals surface area contributed by atoms with Gasteiger partial charge in [-0.2, -0.15) is 5.10 Å². The van der Waals surface area contributed by atoms with Gasteiger partial charge in [-0.15, -0.1) is 0 Å². The molecule has 0 radical (unpaired) electrons. The van der Waals surface area contributed by atoms with Gasteiger partial charge in [0, 0.05) is 28.4 Å². The second-order valence-electron chi connectivity index (χ2n) is 3.96. The summed E-state index contributed by atoms with van der Waals surface area (Å²) in [6.45, 7) is 1.99. The van der Waals surface area contributed by atoms with Crippen molar-refractivity contribution >= 4 is 22.5 Å². The quantitative estimate of drug-likeness (QED) is 0.710. The number of hydrogen-bond acceptors (Lipinski definition) is 2. The fourth-order valence-corrected chi connectivity index (χ4v) is 2.08. The van der Waals surface area contributed by atoms with Crippen LogP contribution in [-0.4, -0.2) is 15.2 Å². The minimum Gasteiger partial charge on any atom is -0.285 e. The summed E-state index contributed by atoms with van der Waals surface area (Å²) in [4.78, 5) is 4.34. The van der Waals surface area contributed by atoms with Gasteiger partial charge in [0.25, 0.3) is 0 Å². The first-order valence-corrected chi connectivity index (χ1v) is 5.67. The Hall–Kier alpha value is -1.87. The van der Waals surface area contributed by atoms with Gasteiger partial charge < -0.3 is 0 Å². The lowest BCUT2D eigenvalue weighted by molar-refractivity contribution is 1.09. The van der Waals surface area contributed by atoms with E-state index in [4.69, 9.17) is 11.6 Å². The monoisotopic (exact) mass is 243 g/mol. The zero-order valence-corrected chi connectivity index (χ0v) is 9.99. The first kappa shape index (κ1) is 10.3. The molecule has 17 heavy (non-hydrogen) atoms. The summed E-state index contributed by atoms with van der Waals surface area (Å²) in [5.41, 5.74) is 4.12. The molecule has 0 spiro atoms. The summed E-state index contributed by atoms with van der Waals surface area (Å²) < 4.78 is 0. The molecule has 0 unspecified atom stereocenters. The Morgan fingerprint density at radius 2 is 2.18 bits per heavy atom. The summed E-state index contributed by atoms with van der Waals surface area (Å²) in [6.07, 6.45) is 5.47. The molecule has 3 rings (SSSR count). The predicted molar refractivity (Wildman–Crippen MR) is 69.1 cm³/mol. The molecule has 1 N–H and O–H groups in total. The number of H-pyrrole nitrogens is 1. The Bertz CT molecular complexity index is 674. The number of aryl methyl sites for hydroxylation is 1. The van der Waals surface area contributed by atoms with Crippen molar-refractivity contribution in [1.29, 1.82) is 0 Å². The molecular formula is C13H10ClN3. The highest BCUT2D eigenvalue weighted by Crippen LogP contribution is 2.30. The van der Waals surface area contributed by atoms with E-state index >= 15 is 0 Å². The van der Waals surface area contributed by atoms with Crippen LogP contribution in [0.3, 0.4) is 0 Å². The van der Waals surface area contributed by atoms with E-state index in [9.17, 15) is 0 Å². The number of rotatable bonds is 1. The lowest BCUT2D eigenvalue weighted by Crippen LogP contribution is -1.85. The smallest absolute Gasteiger partial charge is 0.0723 e. The van der Waals surface area contributed by atoms with Crippen LogP contribution in [0.5, 0.6) is 0 Å². The second kappa shape index (κ2) is 3.86. The van der Waals surface area contributed by atoms with Crippen molar-refractivity contribution in [2.45, 2.75) is 6.92 Å². The van der Waals surface area contributed by atoms with E-state index < -0.39 is 0 Å². The van der Waals surface area contributed by atoms with Crippen molar-refractivity contribution in [1.82, 2.24) is 15.2 Å². The number of nitrogens with zero attached hydrogens (tertiary/aromatic N) is 2. The highest BCUT2D eigenvalue weighted by molar-refractivity contribution is 6.32. The molecule has 4 heteroatoms. The third-order valence-corrected chi connectivity index (χ3v) is 3.24. The minimum absolute atomic E-state index is 0.745. The van der Waals surface area contributed by atoms with Crippen LogP contribution in [0.4, 0.5) is 0 Å². The van der Waals surface area contributed by atoms with E-state index in [0.29, 0.717) is 0 Å². The third kappa shape index (κ3) is 1.68. The minimum atomic E-state index is 0.745. The number of nitrogens with one attached hydrogen (secondary N) is 1. The van der Waals surface area contributed by atoms with Crippen LogP contribution in [-0.2, 0) is 0 Å². The van der Waals surface area contributed by atoms with Crippen molar-refractivity contribution in [3.05, 3.63) is 47.4 Å². The molecule has 0 amide bonds. The van der Waals surface area contributed by atoms with E-state index in [2.05, 4.69) is 21.2 Å². The first-order valence-electron chi connectivity index (χ1n) is 5.30. The van der Waals surface area contributed by atoms with Crippen molar-refractivity contribution in [3.8, 4) is 11.1 Å². The van der Waals surface area contributed by atoms with Crippen molar-refractivity contribution in [2.24, 2.45) is 0 Å². The maximum absolute atomic E-state index is 6.11. The Morgan fingerprint density at radius 3 is 2.94 bits per heavy atom. The first-order chi connectivity index (χ1) is 8.25. The normalized spacial score (nSPS) is 10.9. The summed E-state index contributed by atoms with van der Waals surface area (Å²) in [7, 11) is 0. The zero-order chi connectivity index (χ0) is 11.8. The third-order valence-electron chi connectivity index (χ3n) is 2.83. The van der Waals surface area contributed by atoms with Crippen molar-refractivity contribution in [2.75, 3.05) is 0 Å². The Balaban J connectivity index is 2.36. The van der Waals surface area contributed by atoms with Crippen LogP contribution in [0, 0.1) is 6.92 Å². The van der Waals surface area contributed by atoms with Crippen LogP contribution in [0.2, 0.25) is 5.02 Å². The molecule has 3 aromatic rings. The fourth-order valence-electron chi connectivity index (χ4n) is 1.93. The van der Waals surface area contributed by atoms with Gasteiger partial charge in [0.15, 0.2) is 0 Å². The van der Waals surface area contributed by atoms with Crippen LogP contribution in [0.15, 0.2) is 36.8 Å². The molecule has 0 aliphatic carbocycles. The van der Waals surface area contributed by atoms with E-state index in [0.717, 1.165) is 32.6 Å². The van der Waals surface area contributed by atoms with Gasteiger partial charge >= 0.3 is 0 Å². The summed E-state index contributed by atoms with van der Waals surface area (Å²) >= 11 is 6.11. The van der Waals surface area contributed by atoms with Crippen molar-refractivity contribution < 1.29 is 0 Å². The summed E-state index contributed by atoms with van der Waals surface area (Å²) in [5, 5.41) is 8.63. The highest BCUT2D eigenvalue weighted by atomic mass is 35.5. The molecule has 84 valence electrons. The van der Waals surface area contributed by atoms with Gasteiger partial charge in [-0.1, -0.05) is 11.6 Å². The molecule has 0 bridgehead atoms. The maximum atomic E-state index is 6.11. The maximum Gasteiger partial charge on any atom is 0.0723 e. The molecule has 2 aromatic heterocycles. The standard InChI is InChI=1S/C13H10ClN3/c1-8-4-11-10(9-6-16-17-7-9)2-3-15-13(11)5-12(8)14/h2-7H,1H3,(H,16,17). The van der Waals surface area contributed by atoms with Crippen LogP contribution >= 0.6 is 11.6 Å². The molecule has 0 saturated heterocycles. The zero-order valence-electron chi connectivity index (χ0n) is 9.24. The highest BCUT2D eigenvalue weighted by Gasteiger charge is 2.07. The average molecular weight is 244 g/mol. The van der Waals surface area contributed by atoms with Crippen LogP contribution in [0.1, 0.15) is 5.56 Å². The molecule has 2 heterocycles. The molecule has 0 aliphatic heterocycles. The number of aromatic amines is 1. The average Bonchev–Trinajstić information content (AvgIpc) is 2.83. The van der Waals surface area contributed by atoms with E-state index in [1.807, 2.05) is 25.3 Å². The van der Waals surface area contributed by atoms with Gasteiger partial charge in [0.2, 0.25) is 0 Å². The number of pyridine rings is 1. The summed E-state index contributed by atoms with van der Waals surface area (Å²) in [6, 6.07) is 5.95. The SMILES string of the molecule is Cc1cc2c(-c3cn[nH]c3)ccnc2cc1Cl. The molecule has 0 atom stereocenters. The Kier molecular flexibility index (Phi) is 2.34. The lowest BCUT2D eigenvalue weighted by atomic mass is 10.0. The van der Waals surface area contributed by atoms with Crippen molar-refractivity contribution in [3.63, 3.8) is 0 Å². The number of fused-ring (bicyclic) bond motifs is 1. The Labute approximate surface area is 103 Å². The number of benzene rings is 1. The Morgan fingerprint density at radius 1 is 1.29 bits per heavy atom. The number of hydrogen-bond donors (Lipinski definition) is 1. The fraction of sp³-hybridized carbons (Fsp3) is 0.0769. The molecule has 3 nitrogen and oxygen atoms in total. The van der Waals surface area contributed by atoms with Crippen LogP contribution in [0.25, 0.3) is 22.0 Å². The van der Waals surface area contributed by atoms with E-state index in [1.54, 1.807) is 12.4 Å². The number of aromatic nitrogens is 3. The molecule has 0 saturated carbocycles. The van der Waals surface area contributed by atoms with E-state index in [1.165, 1.54) is 0 Å². The molecular weight excluding hydrogens is 234 g/mol. The van der Waals surface area contributed by atoms with E-state index in [-0.39, 0.29) is 0 Å². The second-order valence-corrected chi connectivity index (χ2v) is 4.37. The van der Waals surface area contributed by atoms with Crippen LogP contribution < -0.4 is 0 Å². The lowest BCUT2D eigenvalue weighted by Gasteiger charge is -2.06. The molecule has 0 aliphatic rings. The topological polar surface area (TPSA) is 41.6 Å². The predicted octanol–water partition coefficient (Wildman–Crippen LogP) is 3.59. The van der Waals surface area contributed by atoms with Gasteiger partial charge in [-0.3, -0.25) is 10.1 Å². The van der Waals surface area contributed by atoms with Gasteiger partial charge in [0.1, 0.15) is 0 Å². The molecule has 0 fully saturated rings.